The Labute approximate surface area is 487 Å². The first-order valence-corrected chi connectivity index (χ1v) is 32.6. The van der Waals surface area contributed by atoms with Crippen LogP contribution in [0.15, 0.2) is 109 Å². The monoisotopic (exact) mass is 1150 g/mol. The highest BCUT2D eigenvalue weighted by Gasteiger charge is 2.66. The number of hydrogen-bond donors (Lipinski definition) is 5. The van der Waals surface area contributed by atoms with Gasteiger partial charge in [0.15, 0.2) is 5.60 Å². The van der Waals surface area contributed by atoms with Crippen LogP contribution in [0.3, 0.4) is 0 Å². The first kappa shape index (κ1) is 59.2. The molecule has 3 amide bonds. The molecular formula is C64H80N8O10Si. The van der Waals surface area contributed by atoms with Crippen LogP contribution >= 0.6 is 0 Å². The lowest BCUT2D eigenvalue weighted by Gasteiger charge is -2.37. The summed E-state index contributed by atoms with van der Waals surface area (Å²) in [5, 5.41) is 45.7. The molecule has 0 radical (unpaired) electrons. The molecule has 6 aromatic rings. The van der Waals surface area contributed by atoms with E-state index < -0.39 is 31.9 Å². The van der Waals surface area contributed by atoms with E-state index in [4.69, 9.17) is 18.9 Å². The van der Waals surface area contributed by atoms with Crippen LogP contribution in [0.5, 0.6) is 17.2 Å². The van der Waals surface area contributed by atoms with Crippen molar-refractivity contribution in [2.45, 2.75) is 128 Å². The molecule has 0 aliphatic carbocycles. The van der Waals surface area contributed by atoms with Gasteiger partial charge in [-0.05, 0) is 173 Å². The maximum Gasteiger partial charge on any atom is 0.264 e. The Morgan fingerprint density at radius 1 is 0.711 bits per heavy atom. The van der Waals surface area contributed by atoms with Crippen LogP contribution in [-0.2, 0) is 57.1 Å². The quantitative estimate of drug-likeness (QED) is 0.0265. The van der Waals surface area contributed by atoms with E-state index in [1.807, 2.05) is 116 Å². The van der Waals surface area contributed by atoms with Crippen LogP contribution in [0.1, 0.15) is 80.8 Å². The number of aromatic nitrogens is 3. The summed E-state index contributed by atoms with van der Waals surface area (Å²) >= 11 is 0. The van der Waals surface area contributed by atoms with Crippen molar-refractivity contribution in [3.05, 3.63) is 137 Å². The van der Waals surface area contributed by atoms with E-state index in [0.29, 0.717) is 112 Å². The molecule has 4 aliphatic heterocycles. The molecule has 10 rings (SSSR count). The average Bonchev–Trinajstić information content (AvgIpc) is 1.61. The number of methoxy groups -OCH3 is 1. The number of carbonyl (C=O) groups excluding carboxylic acids is 3. The first-order valence-electron chi connectivity index (χ1n) is 29.5. The SMILES string of the molecule is CCOc1ccc2c(c1)CC(NCCCCO)C(=O)N2c1cccc(CN2C(=O)[C@]3(O[C@H](CCn4cc(CCO)nn4)[C@@H]([Si](C)(C)c4ccc(OC)cc4)[C@@H]3C)c3cc(N4C(=O)C(NCCCCO)Cc5cc(OCC)ccc54)ccc32)c1. The van der Waals surface area contributed by atoms with Crippen molar-refractivity contribution in [1.82, 2.24) is 25.6 Å². The molecule has 4 aliphatic rings. The Bertz CT molecular complexity index is 3270. The Morgan fingerprint density at radius 3 is 1.88 bits per heavy atom. The summed E-state index contributed by atoms with van der Waals surface area (Å²) in [5.74, 6) is 1.33. The van der Waals surface area contributed by atoms with Gasteiger partial charge in [0.1, 0.15) is 17.2 Å². The molecule has 0 saturated carbocycles. The highest BCUT2D eigenvalue weighted by Crippen LogP contribution is 2.61. The lowest BCUT2D eigenvalue weighted by molar-refractivity contribution is -0.146. The zero-order chi connectivity index (χ0) is 58.4. The third-order valence-corrected chi connectivity index (χ3v) is 21.6. The number of fused-ring (bicyclic) bond motifs is 4. The van der Waals surface area contributed by atoms with E-state index in [1.165, 1.54) is 5.19 Å². The zero-order valence-electron chi connectivity index (χ0n) is 48.7. The number of aryl methyl sites for hydroxylation is 1. The Balaban J connectivity index is 1.09. The lowest BCUT2D eigenvalue weighted by Crippen LogP contribution is -2.52. The van der Waals surface area contributed by atoms with E-state index in [9.17, 15) is 20.1 Å². The van der Waals surface area contributed by atoms with E-state index in [0.717, 1.165) is 46.0 Å². The van der Waals surface area contributed by atoms with Gasteiger partial charge in [-0.1, -0.05) is 54.7 Å². The zero-order valence-corrected chi connectivity index (χ0v) is 49.7. The predicted molar refractivity (Wildman–Crippen MR) is 322 cm³/mol. The Kier molecular flexibility index (Phi) is 18.5. The average molecular weight is 1150 g/mol. The summed E-state index contributed by atoms with van der Waals surface area (Å²) in [7, 11) is -0.962. The molecule has 440 valence electrons. The highest BCUT2D eigenvalue weighted by atomic mass is 28.3. The number of anilines is 5. The maximum absolute atomic E-state index is 16.5. The minimum absolute atomic E-state index is 0.0477. The van der Waals surface area contributed by atoms with Gasteiger partial charge in [0.05, 0.1) is 75.9 Å². The van der Waals surface area contributed by atoms with E-state index in [1.54, 1.807) is 21.6 Å². The second kappa shape index (κ2) is 25.9. The molecule has 0 bridgehead atoms. The van der Waals surface area contributed by atoms with Gasteiger partial charge >= 0.3 is 0 Å². The summed E-state index contributed by atoms with van der Waals surface area (Å²) in [4.78, 5) is 51.7. The molecular weight excluding hydrogens is 1070 g/mol. The smallest absolute Gasteiger partial charge is 0.264 e. The number of ether oxygens (including phenoxy) is 4. The number of amides is 3. The highest BCUT2D eigenvalue weighted by molar-refractivity contribution is 6.91. The van der Waals surface area contributed by atoms with Gasteiger partial charge in [-0.2, -0.15) is 0 Å². The second-order valence-corrected chi connectivity index (χ2v) is 27.4. The summed E-state index contributed by atoms with van der Waals surface area (Å²) in [6, 6.07) is 32.5. The number of benzene rings is 5. The van der Waals surface area contributed by atoms with Gasteiger partial charge in [0, 0.05) is 61.8 Å². The van der Waals surface area contributed by atoms with Crippen molar-refractivity contribution in [3.8, 4) is 17.2 Å². The molecule has 1 aromatic heterocycles. The lowest BCUT2D eigenvalue weighted by atomic mass is 9.82. The van der Waals surface area contributed by atoms with E-state index >= 15 is 9.59 Å². The molecule has 2 unspecified atom stereocenters. The van der Waals surface area contributed by atoms with E-state index in [-0.39, 0.29) is 55.5 Å². The Hall–Kier alpha value is -6.97. The van der Waals surface area contributed by atoms with Crippen LogP contribution in [0.2, 0.25) is 18.6 Å². The van der Waals surface area contributed by atoms with Gasteiger partial charge in [-0.15, -0.1) is 5.10 Å². The van der Waals surface area contributed by atoms with Crippen LogP contribution in [0.25, 0.3) is 0 Å². The fraction of sp³-hybridized carbons (Fsp3) is 0.453. The molecule has 1 fully saturated rings. The largest absolute Gasteiger partial charge is 0.497 e. The van der Waals surface area contributed by atoms with E-state index in [2.05, 4.69) is 53.1 Å². The number of nitrogens with one attached hydrogen (secondary N) is 2. The molecule has 18 nitrogen and oxygen atoms in total. The number of nitrogens with zero attached hydrogens (tertiary/aromatic N) is 6. The minimum Gasteiger partial charge on any atom is -0.497 e. The molecule has 6 atom stereocenters. The number of aliphatic hydroxyl groups excluding tert-OH is 3. The van der Waals surface area contributed by atoms with Crippen molar-refractivity contribution in [2.75, 3.05) is 67.9 Å². The number of unbranched alkanes of at least 4 members (excludes halogenated alkanes) is 2. The van der Waals surface area contributed by atoms with Gasteiger partial charge in [0.25, 0.3) is 5.91 Å². The topological polar surface area (TPSA) is 213 Å². The van der Waals surface area contributed by atoms with Gasteiger partial charge < -0.3 is 49.8 Å². The van der Waals surface area contributed by atoms with Crippen molar-refractivity contribution in [1.29, 1.82) is 0 Å². The molecule has 1 saturated heterocycles. The molecule has 83 heavy (non-hydrogen) atoms. The van der Waals surface area contributed by atoms with Gasteiger partial charge in [0.2, 0.25) is 11.8 Å². The van der Waals surface area contributed by atoms with Crippen LogP contribution < -0.4 is 44.7 Å². The van der Waals surface area contributed by atoms with Crippen molar-refractivity contribution >= 4 is 59.4 Å². The summed E-state index contributed by atoms with van der Waals surface area (Å²) in [5.41, 5.74) is 5.78. The molecule has 5 N–H and O–H groups in total. The third-order valence-electron chi connectivity index (χ3n) is 17.2. The van der Waals surface area contributed by atoms with Crippen LogP contribution in [0.4, 0.5) is 28.4 Å². The van der Waals surface area contributed by atoms with Gasteiger partial charge in [-0.3, -0.25) is 28.9 Å². The molecule has 5 aromatic carbocycles. The third kappa shape index (κ3) is 11.8. The summed E-state index contributed by atoms with van der Waals surface area (Å²) in [6.45, 7) is 13.5. The van der Waals surface area contributed by atoms with Crippen molar-refractivity contribution in [2.24, 2.45) is 5.92 Å². The number of rotatable bonds is 26. The first-order chi connectivity index (χ1) is 40.3. The predicted octanol–water partition coefficient (Wildman–Crippen LogP) is 7.38. The number of carbonyl (C=O) groups is 3. The molecule has 5 heterocycles. The van der Waals surface area contributed by atoms with Crippen LogP contribution in [-0.4, -0.2) is 128 Å². The maximum atomic E-state index is 16.5. The summed E-state index contributed by atoms with van der Waals surface area (Å²) in [6.07, 6.45) is 5.86. The minimum atomic E-state index is -2.62. The fourth-order valence-electron chi connectivity index (χ4n) is 13.2. The van der Waals surface area contributed by atoms with Crippen molar-refractivity contribution in [3.63, 3.8) is 0 Å². The fourth-order valence-corrected chi connectivity index (χ4v) is 17.3. The number of hydrogen-bond acceptors (Lipinski definition) is 14. The molecule has 19 heteroatoms. The normalized spacial score (nSPS) is 21.2. The number of aliphatic hydroxyl groups is 3. The standard InChI is InChI=1S/C64H80N8O10Si/c1-7-80-50-19-24-56-44(35-50)37-54(65-28-9-11-31-73)61(76)71(56)47-15-13-14-43(34-47)40-70-58-23-16-48(72-57-25-20-51(81-8-2)36-45(57)38-55(62(72)77)66-29-10-12-32-74)39-53(58)64(63(70)78)42(3)60(83(5,6)52-21-17-49(79-4)18-22-52)59(82-64)26-30-69-41-46(27-33-75)67-68-69/h13-25,34-36,39,41-42,54-55,59-60,65-66,73-75H,7-12,26-33,37-38,40H2,1-6H3/t42-,54?,55?,59+,60-,64+/m0/s1. The van der Waals surface area contributed by atoms with Gasteiger partial charge in [-0.25, -0.2) is 0 Å². The Morgan fingerprint density at radius 2 is 1.30 bits per heavy atom. The molecule has 1 spiro atoms. The summed E-state index contributed by atoms with van der Waals surface area (Å²) < 4.78 is 27.0. The van der Waals surface area contributed by atoms with Crippen molar-refractivity contribution < 1.29 is 48.7 Å². The van der Waals surface area contributed by atoms with Crippen LogP contribution in [0, 0.1) is 5.92 Å². The second-order valence-electron chi connectivity index (χ2n) is 22.7.